The quantitative estimate of drug-likeness (QED) is 0.699. The van der Waals surface area contributed by atoms with Gasteiger partial charge in [-0.1, -0.05) is 23.5 Å². The van der Waals surface area contributed by atoms with Gasteiger partial charge in [-0.15, -0.1) is 0 Å². The van der Waals surface area contributed by atoms with Crippen LogP contribution in [0.15, 0.2) is 42.6 Å². The molecule has 29 heavy (non-hydrogen) atoms. The van der Waals surface area contributed by atoms with Crippen LogP contribution in [0.25, 0.3) is 10.3 Å². The maximum atomic E-state index is 11.5. The zero-order valence-corrected chi connectivity index (χ0v) is 16.8. The highest BCUT2D eigenvalue weighted by molar-refractivity contribution is 7.19. The topological polar surface area (TPSA) is 84.6 Å². The van der Waals surface area contributed by atoms with E-state index in [1.54, 1.807) is 11.1 Å². The smallest absolute Gasteiger partial charge is 0.314 e. The van der Waals surface area contributed by atoms with Crippen LogP contribution in [0.1, 0.15) is 18.4 Å². The van der Waals surface area contributed by atoms with E-state index in [9.17, 15) is 4.79 Å². The number of thiazole rings is 1. The zero-order valence-electron chi connectivity index (χ0n) is 16.0. The van der Waals surface area contributed by atoms with Gasteiger partial charge in [0.1, 0.15) is 16.1 Å². The molecule has 2 aromatic heterocycles. The van der Waals surface area contributed by atoms with Gasteiger partial charge in [0.15, 0.2) is 0 Å². The summed E-state index contributed by atoms with van der Waals surface area (Å²) in [6, 6.07) is 12.6. The lowest BCUT2D eigenvalue weighted by atomic mass is 10.1. The number of pyridine rings is 1. The number of carbonyl (C=O) groups is 1. The fraction of sp³-hybridized carbons (Fsp3) is 0.381. The Morgan fingerprint density at radius 1 is 1.17 bits per heavy atom. The molecule has 2 unspecified atom stereocenters. The molecule has 5 rings (SSSR count). The van der Waals surface area contributed by atoms with Crippen LogP contribution in [-0.2, 0) is 6.42 Å². The molecule has 0 radical (unpaired) electrons. The largest absolute Gasteiger partial charge is 0.431 e. The number of ether oxygens (including phenoxy) is 1. The van der Waals surface area contributed by atoms with Gasteiger partial charge in [0.05, 0.1) is 0 Å². The third-order valence-corrected chi connectivity index (χ3v) is 6.74. The SMILES string of the molecule is NC(=O)N1CC2CCC(C1)N2CCc1ccc(Oc2nc3cccnc3s2)cc1. The summed E-state index contributed by atoms with van der Waals surface area (Å²) in [6.45, 7) is 2.52. The van der Waals surface area contributed by atoms with Crippen LogP contribution in [0.3, 0.4) is 0 Å². The van der Waals surface area contributed by atoms with Crippen molar-refractivity contribution in [3.05, 3.63) is 48.2 Å². The second-order valence-electron chi connectivity index (χ2n) is 7.67. The van der Waals surface area contributed by atoms with Crippen molar-refractivity contribution in [2.24, 2.45) is 5.73 Å². The van der Waals surface area contributed by atoms with Crippen molar-refractivity contribution >= 4 is 27.7 Å². The highest BCUT2D eigenvalue weighted by Crippen LogP contribution is 2.31. The molecule has 2 atom stereocenters. The van der Waals surface area contributed by atoms with Gasteiger partial charge in [-0.2, -0.15) is 0 Å². The molecule has 2 amide bonds. The maximum absolute atomic E-state index is 11.5. The summed E-state index contributed by atoms with van der Waals surface area (Å²) >= 11 is 1.45. The number of rotatable bonds is 5. The van der Waals surface area contributed by atoms with Crippen molar-refractivity contribution in [1.82, 2.24) is 19.8 Å². The summed E-state index contributed by atoms with van der Waals surface area (Å²) in [4.78, 5) is 25.5. The van der Waals surface area contributed by atoms with Crippen LogP contribution in [-0.4, -0.2) is 57.5 Å². The highest BCUT2D eigenvalue weighted by atomic mass is 32.1. The lowest BCUT2D eigenvalue weighted by Gasteiger charge is -2.40. The van der Waals surface area contributed by atoms with Gasteiger partial charge in [-0.3, -0.25) is 4.90 Å². The van der Waals surface area contributed by atoms with E-state index in [1.165, 1.54) is 16.9 Å². The summed E-state index contributed by atoms with van der Waals surface area (Å²) in [5, 5.41) is 0.607. The van der Waals surface area contributed by atoms with Crippen LogP contribution in [0.4, 0.5) is 4.79 Å². The first kappa shape index (κ1) is 18.3. The number of benzene rings is 1. The zero-order chi connectivity index (χ0) is 19.8. The number of aromatic nitrogens is 2. The molecule has 7 nitrogen and oxygen atoms in total. The Bertz CT molecular complexity index is 974. The number of amides is 2. The van der Waals surface area contributed by atoms with Crippen molar-refractivity contribution in [2.45, 2.75) is 31.3 Å². The van der Waals surface area contributed by atoms with E-state index in [1.807, 2.05) is 24.3 Å². The number of fused-ring (bicyclic) bond motifs is 3. The van der Waals surface area contributed by atoms with E-state index < -0.39 is 0 Å². The van der Waals surface area contributed by atoms with Crippen LogP contribution < -0.4 is 10.5 Å². The molecule has 0 saturated carbocycles. The van der Waals surface area contributed by atoms with E-state index in [2.05, 4.69) is 27.0 Å². The lowest BCUT2D eigenvalue weighted by molar-refractivity contribution is 0.0868. The fourth-order valence-electron chi connectivity index (χ4n) is 4.41. The molecule has 4 heterocycles. The first-order chi connectivity index (χ1) is 14.2. The molecular formula is C21H23N5O2S. The van der Waals surface area contributed by atoms with E-state index >= 15 is 0 Å². The average molecular weight is 410 g/mol. The lowest BCUT2D eigenvalue weighted by Crippen LogP contribution is -2.56. The second kappa shape index (κ2) is 7.61. The first-order valence-electron chi connectivity index (χ1n) is 9.94. The standard InChI is InChI=1S/C21H23N5O2S/c22-20(27)25-12-15-5-6-16(13-25)26(15)11-9-14-3-7-17(8-4-14)28-21-24-18-2-1-10-23-19(18)29-21/h1-4,7-8,10,15-16H,5-6,9,11-13H2,(H2,22,27). The predicted octanol–water partition coefficient (Wildman–Crippen LogP) is 3.25. The number of hydrogen-bond acceptors (Lipinski definition) is 6. The molecule has 2 saturated heterocycles. The van der Waals surface area contributed by atoms with E-state index in [4.69, 9.17) is 10.5 Å². The first-order valence-corrected chi connectivity index (χ1v) is 10.8. The van der Waals surface area contributed by atoms with Crippen molar-refractivity contribution in [3.63, 3.8) is 0 Å². The van der Waals surface area contributed by atoms with E-state index in [-0.39, 0.29) is 6.03 Å². The minimum atomic E-state index is -0.291. The Morgan fingerprint density at radius 3 is 2.62 bits per heavy atom. The third kappa shape index (κ3) is 3.77. The predicted molar refractivity (Wildman–Crippen MR) is 112 cm³/mol. The molecule has 2 aliphatic rings. The number of carbonyl (C=O) groups excluding carboxylic acids is 1. The fourth-order valence-corrected chi connectivity index (χ4v) is 5.19. The normalized spacial score (nSPS) is 21.6. The van der Waals surface area contributed by atoms with Gasteiger partial charge in [-0.25, -0.2) is 14.8 Å². The van der Waals surface area contributed by atoms with Crippen molar-refractivity contribution in [3.8, 4) is 10.9 Å². The molecule has 150 valence electrons. The molecule has 1 aromatic carbocycles. The third-order valence-electron chi connectivity index (χ3n) is 5.88. The van der Waals surface area contributed by atoms with E-state index in [0.29, 0.717) is 17.3 Å². The number of likely N-dealkylation sites (tertiary alicyclic amines) is 1. The summed E-state index contributed by atoms with van der Waals surface area (Å²) in [7, 11) is 0. The molecule has 2 N–H and O–H groups in total. The van der Waals surface area contributed by atoms with Crippen LogP contribution >= 0.6 is 11.3 Å². The van der Waals surface area contributed by atoms with Crippen LogP contribution in [0.2, 0.25) is 0 Å². The molecule has 3 aromatic rings. The molecule has 0 aliphatic carbocycles. The average Bonchev–Trinajstić information content (AvgIpc) is 3.23. The number of urea groups is 1. The Hall–Kier alpha value is -2.71. The summed E-state index contributed by atoms with van der Waals surface area (Å²) < 4.78 is 5.90. The van der Waals surface area contributed by atoms with Gasteiger partial charge in [0.25, 0.3) is 5.19 Å². The van der Waals surface area contributed by atoms with Crippen LogP contribution in [0.5, 0.6) is 10.9 Å². The van der Waals surface area contributed by atoms with Crippen molar-refractivity contribution < 1.29 is 9.53 Å². The molecule has 8 heteroatoms. The van der Waals surface area contributed by atoms with Gasteiger partial charge in [-0.05, 0) is 49.1 Å². The minimum Gasteiger partial charge on any atom is -0.431 e. The second-order valence-corrected chi connectivity index (χ2v) is 8.61. The number of hydrogen-bond donors (Lipinski definition) is 1. The Morgan fingerprint density at radius 2 is 1.93 bits per heavy atom. The Balaban J connectivity index is 1.19. The molecular weight excluding hydrogens is 386 g/mol. The maximum Gasteiger partial charge on any atom is 0.314 e. The molecule has 2 bridgehead atoms. The van der Waals surface area contributed by atoms with Gasteiger partial charge >= 0.3 is 6.03 Å². The number of nitrogens with two attached hydrogens (primary N) is 1. The van der Waals surface area contributed by atoms with Crippen molar-refractivity contribution in [1.29, 1.82) is 0 Å². The van der Waals surface area contributed by atoms with Crippen molar-refractivity contribution in [2.75, 3.05) is 19.6 Å². The summed E-state index contributed by atoms with van der Waals surface area (Å²) in [5.74, 6) is 0.781. The Labute approximate surface area is 173 Å². The monoisotopic (exact) mass is 409 g/mol. The van der Waals surface area contributed by atoms with Gasteiger partial charge < -0.3 is 15.4 Å². The van der Waals surface area contributed by atoms with Gasteiger partial charge in [0, 0.05) is 37.9 Å². The summed E-state index contributed by atoms with van der Waals surface area (Å²) in [5.41, 5.74) is 7.61. The molecule has 0 spiro atoms. The molecule has 2 fully saturated rings. The van der Waals surface area contributed by atoms with Gasteiger partial charge in [0.2, 0.25) is 0 Å². The number of primary amides is 1. The van der Waals surface area contributed by atoms with Crippen LogP contribution in [0, 0.1) is 0 Å². The highest BCUT2D eigenvalue weighted by Gasteiger charge is 2.40. The molecule has 2 aliphatic heterocycles. The summed E-state index contributed by atoms with van der Waals surface area (Å²) in [6.07, 6.45) is 5.05. The Kier molecular flexibility index (Phi) is 4.81. The number of piperazine rings is 1. The number of nitrogens with zero attached hydrogens (tertiary/aromatic N) is 4. The van der Waals surface area contributed by atoms with E-state index in [0.717, 1.165) is 55.0 Å². The minimum absolute atomic E-state index is 0.291.